The average Bonchev–Trinajstić information content (AvgIpc) is 3.30. The number of anilines is 1. The van der Waals surface area contributed by atoms with E-state index in [1.165, 1.54) is 35.6 Å². The van der Waals surface area contributed by atoms with Crippen molar-refractivity contribution in [1.82, 2.24) is 0 Å². The Balaban J connectivity index is 1.80. The molecule has 2 aromatic heterocycles. The van der Waals surface area contributed by atoms with Gasteiger partial charge in [0.15, 0.2) is 5.76 Å². The van der Waals surface area contributed by atoms with E-state index in [2.05, 4.69) is 5.32 Å². The molecule has 26 heavy (non-hydrogen) atoms. The number of hydrogen-bond donors (Lipinski definition) is 1. The second-order valence-electron chi connectivity index (χ2n) is 5.57. The van der Waals surface area contributed by atoms with E-state index >= 15 is 0 Å². The van der Waals surface area contributed by atoms with Gasteiger partial charge in [0, 0.05) is 10.9 Å². The van der Waals surface area contributed by atoms with Crippen LogP contribution in [-0.2, 0) is 0 Å². The molecule has 0 aliphatic rings. The Bertz CT molecular complexity index is 1100. The van der Waals surface area contributed by atoms with Crippen molar-refractivity contribution in [3.8, 4) is 0 Å². The molecular formula is C20H12FNO3S. The van der Waals surface area contributed by atoms with E-state index in [0.29, 0.717) is 21.5 Å². The summed E-state index contributed by atoms with van der Waals surface area (Å²) in [5, 5.41) is 5.21. The number of halogens is 1. The second-order valence-corrected chi connectivity index (χ2v) is 6.52. The summed E-state index contributed by atoms with van der Waals surface area (Å²) < 4.78 is 18.8. The first-order valence-corrected chi connectivity index (χ1v) is 8.68. The van der Waals surface area contributed by atoms with E-state index in [4.69, 9.17) is 4.42 Å². The van der Waals surface area contributed by atoms with E-state index in [-0.39, 0.29) is 17.2 Å². The van der Waals surface area contributed by atoms with Gasteiger partial charge in [-0.25, -0.2) is 4.39 Å². The third-order valence-corrected chi connectivity index (χ3v) is 4.76. The second kappa shape index (κ2) is 6.57. The smallest absolute Gasteiger partial charge is 0.265 e. The summed E-state index contributed by atoms with van der Waals surface area (Å²) in [6.07, 6.45) is 0. The molecule has 4 rings (SSSR count). The van der Waals surface area contributed by atoms with Gasteiger partial charge in [-0.2, -0.15) is 0 Å². The molecule has 4 aromatic rings. The Hall–Kier alpha value is -3.25. The van der Waals surface area contributed by atoms with Gasteiger partial charge in [0.05, 0.1) is 10.6 Å². The molecule has 0 aliphatic carbocycles. The maximum atomic E-state index is 13.1. The molecule has 6 heteroatoms. The van der Waals surface area contributed by atoms with Crippen LogP contribution in [0.5, 0.6) is 0 Å². The maximum absolute atomic E-state index is 13.1. The van der Waals surface area contributed by atoms with Gasteiger partial charge >= 0.3 is 0 Å². The highest BCUT2D eigenvalue weighted by Crippen LogP contribution is 2.33. The first-order valence-electron chi connectivity index (χ1n) is 7.80. The van der Waals surface area contributed by atoms with Crippen molar-refractivity contribution < 1.29 is 18.4 Å². The van der Waals surface area contributed by atoms with Gasteiger partial charge in [-0.3, -0.25) is 9.59 Å². The van der Waals surface area contributed by atoms with Crippen molar-refractivity contribution in [2.24, 2.45) is 0 Å². The van der Waals surface area contributed by atoms with Gasteiger partial charge in [0.25, 0.3) is 5.91 Å². The van der Waals surface area contributed by atoms with E-state index in [9.17, 15) is 14.0 Å². The highest BCUT2D eigenvalue weighted by Gasteiger charge is 2.24. The normalized spacial score (nSPS) is 10.8. The lowest BCUT2D eigenvalue weighted by atomic mass is 10.1. The number of ketones is 1. The fraction of sp³-hybridized carbons (Fsp3) is 0. The largest absolute Gasteiger partial charge is 0.450 e. The number of benzene rings is 2. The molecule has 0 fully saturated rings. The van der Waals surface area contributed by atoms with E-state index in [1.54, 1.807) is 41.8 Å². The van der Waals surface area contributed by atoms with E-state index < -0.39 is 11.6 Å². The SMILES string of the molecule is O=C(Nc1c(C(=O)c2ccc(F)cc2)oc2ccccc12)c1cccs1. The highest BCUT2D eigenvalue weighted by atomic mass is 32.1. The molecule has 0 atom stereocenters. The Labute approximate surface area is 151 Å². The number of thiophene rings is 1. The van der Waals surface area contributed by atoms with Crippen molar-refractivity contribution in [3.05, 3.63) is 88.1 Å². The lowest BCUT2D eigenvalue weighted by Crippen LogP contribution is -2.13. The number of amides is 1. The van der Waals surface area contributed by atoms with Gasteiger partial charge in [-0.1, -0.05) is 18.2 Å². The standard InChI is InChI=1S/C20H12FNO3S/c21-13-9-7-12(8-10-13)18(23)19-17(14-4-1-2-5-15(14)25-19)22-20(24)16-6-3-11-26-16/h1-11H,(H,22,24). The van der Waals surface area contributed by atoms with Gasteiger partial charge in [-0.15, -0.1) is 11.3 Å². The summed E-state index contributed by atoms with van der Waals surface area (Å²) in [6.45, 7) is 0. The fourth-order valence-corrected chi connectivity index (χ4v) is 3.26. The van der Waals surface area contributed by atoms with E-state index in [1.807, 2.05) is 0 Å². The Kier molecular flexibility index (Phi) is 4.10. The molecule has 0 bridgehead atoms. The van der Waals surface area contributed by atoms with Crippen LogP contribution in [0.25, 0.3) is 11.0 Å². The molecule has 128 valence electrons. The number of rotatable bonds is 4. The molecule has 0 saturated carbocycles. The van der Waals surface area contributed by atoms with Crippen LogP contribution in [0.15, 0.2) is 70.5 Å². The first kappa shape index (κ1) is 16.2. The number of carbonyl (C=O) groups excluding carboxylic acids is 2. The summed E-state index contributed by atoms with van der Waals surface area (Å²) in [5.74, 6) is -1.16. The first-order chi connectivity index (χ1) is 12.6. The number of fused-ring (bicyclic) bond motifs is 1. The fourth-order valence-electron chi connectivity index (χ4n) is 2.64. The van der Waals surface area contributed by atoms with Gasteiger partial charge < -0.3 is 9.73 Å². The number of furan rings is 1. The minimum Gasteiger partial charge on any atom is -0.450 e. The van der Waals surface area contributed by atoms with Gasteiger partial charge in [0.2, 0.25) is 5.78 Å². The molecule has 0 unspecified atom stereocenters. The monoisotopic (exact) mass is 365 g/mol. The van der Waals surface area contributed by atoms with Crippen LogP contribution in [0.3, 0.4) is 0 Å². The molecule has 2 heterocycles. The Morgan fingerprint density at radius 1 is 0.962 bits per heavy atom. The summed E-state index contributed by atoms with van der Waals surface area (Å²) in [5.41, 5.74) is 1.07. The molecule has 4 nitrogen and oxygen atoms in total. The zero-order valence-corrected chi connectivity index (χ0v) is 14.2. The number of para-hydroxylation sites is 1. The lowest BCUT2D eigenvalue weighted by Gasteiger charge is -2.05. The zero-order chi connectivity index (χ0) is 18.1. The van der Waals surface area contributed by atoms with Crippen molar-refractivity contribution in [2.75, 3.05) is 5.32 Å². The topological polar surface area (TPSA) is 59.3 Å². The minimum atomic E-state index is -0.433. The lowest BCUT2D eigenvalue weighted by molar-refractivity contribution is 0.101. The zero-order valence-electron chi connectivity index (χ0n) is 13.4. The van der Waals surface area contributed by atoms with E-state index in [0.717, 1.165) is 0 Å². The van der Waals surface area contributed by atoms with Crippen molar-refractivity contribution >= 4 is 39.7 Å². The molecule has 0 saturated heterocycles. The summed E-state index contributed by atoms with van der Waals surface area (Å²) >= 11 is 1.30. The molecule has 0 spiro atoms. The van der Waals surface area contributed by atoms with Crippen LogP contribution in [-0.4, -0.2) is 11.7 Å². The third kappa shape index (κ3) is 2.91. The average molecular weight is 365 g/mol. The quantitative estimate of drug-likeness (QED) is 0.511. The van der Waals surface area contributed by atoms with Crippen LogP contribution in [0, 0.1) is 5.82 Å². The van der Waals surface area contributed by atoms with Crippen molar-refractivity contribution in [3.63, 3.8) is 0 Å². The summed E-state index contributed by atoms with van der Waals surface area (Å²) in [6, 6.07) is 15.7. The number of carbonyl (C=O) groups is 2. The number of nitrogens with one attached hydrogen (secondary N) is 1. The van der Waals surface area contributed by atoms with Crippen LogP contribution in [0.4, 0.5) is 10.1 Å². The third-order valence-electron chi connectivity index (χ3n) is 3.89. The Morgan fingerprint density at radius 2 is 1.73 bits per heavy atom. The van der Waals surface area contributed by atoms with Crippen LogP contribution < -0.4 is 5.32 Å². The number of hydrogen-bond acceptors (Lipinski definition) is 4. The molecule has 0 radical (unpaired) electrons. The predicted molar refractivity (Wildman–Crippen MR) is 98.3 cm³/mol. The Morgan fingerprint density at radius 3 is 2.46 bits per heavy atom. The van der Waals surface area contributed by atoms with Crippen LogP contribution >= 0.6 is 11.3 Å². The molecule has 1 N–H and O–H groups in total. The van der Waals surface area contributed by atoms with Crippen molar-refractivity contribution in [1.29, 1.82) is 0 Å². The highest BCUT2D eigenvalue weighted by molar-refractivity contribution is 7.12. The summed E-state index contributed by atoms with van der Waals surface area (Å²) in [4.78, 5) is 25.8. The minimum absolute atomic E-state index is 0.0164. The molecular weight excluding hydrogens is 353 g/mol. The van der Waals surface area contributed by atoms with Crippen LogP contribution in [0.2, 0.25) is 0 Å². The van der Waals surface area contributed by atoms with Gasteiger partial charge in [-0.05, 0) is 47.8 Å². The predicted octanol–water partition coefficient (Wildman–Crippen LogP) is 5.12. The molecule has 0 aliphatic heterocycles. The van der Waals surface area contributed by atoms with Crippen molar-refractivity contribution in [2.45, 2.75) is 0 Å². The van der Waals surface area contributed by atoms with Gasteiger partial charge in [0.1, 0.15) is 11.4 Å². The van der Waals surface area contributed by atoms with Crippen LogP contribution in [0.1, 0.15) is 25.8 Å². The maximum Gasteiger partial charge on any atom is 0.265 e. The summed E-state index contributed by atoms with van der Waals surface area (Å²) in [7, 11) is 0. The molecule has 1 amide bonds. The molecule has 2 aromatic carbocycles.